The number of aryl methyl sites for hydroxylation is 1. The zero-order valence-corrected chi connectivity index (χ0v) is 17.3. The molecule has 6 heteroatoms. The van der Waals surface area contributed by atoms with Crippen molar-refractivity contribution in [3.8, 4) is 0 Å². The highest BCUT2D eigenvalue weighted by atomic mass is 16.5. The van der Waals surface area contributed by atoms with Crippen LogP contribution in [0.25, 0.3) is 0 Å². The third-order valence-electron chi connectivity index (χ3n) is 4.36. The summed E-state index contributed by atoms with van der Waals surface area (Å²) in [7, 11) is 0. The molecular weight excluding hydrogens is 368 g/mol. The van der Waals surface area contributed by atoms with Gasteiger partial charge in [0.05, 0.1) is 12.2 Å². The minimum Gasteiger partial charge on any atom is -0.462 e. The van der Waals surface area contributed by atoms with E-state index in [1.165, 1.54) is 0 Å². The molecule has 2 aromatic rings. The van der Waals surface area contributed by atoms with Crippen molar-refractivity contribution in [3.63, 3.8) is 0 Å². The van der Waals surface area contributed by atoms with E-state index in [9.17, 15) is 14.4 Å². The average Bonchev–Trinajstić information content (AvgIpc) is 2.67. The molecule has 0 aliphatic rings. The fourth-order valence-electron chi connectivity index (χ4n) is 2.93. The number of amides is 2. The number of carbonyl (C=O) groups is 3. The maximum atomic E-state index is 12.9. The Labute approximate surface area is 171 Å². The Bertz CT molecular complexity index is 877. The van der Waals surface area contributed by atoms with Gasteiger partial charge in [-0.3, -0.25) is 9.59 Å². The summed E-state index contributed by atoms with van der Waals surface area (Å²) in [4.78, 5) is 37.4. The summed E-state index contributed by atoms with van der Waals surface area (Å²) < 4.78 is 4.99. The van der Waals surface area contributed by atoms with Gasteiger partial charge in [-0.05, 0) is 56.0 Å². The van der Waals surface area contributed by atoms with E-state index in [0.29, 0.717) is 23.2 Å². The third kappa shape index (κ3) is 6.45. The van der Waals surface area contributed by atoms with Crippen molar-refractivity contribution in [1.29, 1.82) is 0 Å². The lowest BCUT2D eigenvalue weighted by molar-refractivity contribution is -0.118. The molecule has 0 aliphatic heterocycles. The molecule has 1 unspecified atom stereocenters. The van der Waals surface area contributed by atoms with Crippen molar-refractivity contribution < 1.29 is 19.1 Å². The predicted molar refractivity (Wildman–Crippen MR) is 113 cm³/mol. The van der Waals surface area contributed by atoms with E-state index in [-0.39, 0.29) is 24.3 Å². The van der Waals surface area contributed by atoms with Crippen molar-refractivity contribution in [2.45, 2.75) is 40.2 Å². The minimum atomic E-state index is -0.701. The van der Waals surface area contributed by atoms with Gasteiger partial charge in [-0.25, -0.2) is 4.79 Å². The molecule has 0 bridgehead atoms. The highest BCUT2D eigenvalue weighted by Gasteiger charge is 2.23. The van der Waals surface area contributed by atoms with Gasteiger partial charge in [-0.1, -0.05) is 38.1 Å². The number of ether oxygens (including phenoxy) is 1. The molecule has 0 spiro atoms. The lowest BCUT2D eigenvalue weighted by Gasteiger charge is -2.21. The molecule has 154 valence electrons. The van der Waals surface area contributed by atoms with E-state index in [0.717, 1.165) is 5.56 Å². The van der Waals surface area contributed by atoms with Crippen LogP contribution in [0.4, 0.5) is 5.69 Å². The number of benzene rings is 2. The number of rotatable bonds is 8. The first-order chi connectivity index (χ1) is 13.8. The molecule has 0 aromatic heterocycles. The first-order valence-corrected chi connectivity index (χ1v) is 9.76. The number of hydrogen-bond acceptors (Lipinski definition) is 4. The minimum absolute atomic E-state index is 0.203. The molecule has 6 nitrogen and oxygen atoms in total. The second-order valence-electron chi connectivity index (χ2n) is 7.26. The Kier molecular flexibility index (Phi) is 7.95. The van der Waals surface area contributed by atoms with E-state index in [1.54, 1.807) is 43.3 Å². The van der Waals surface area contributed by atoms with Crippen molar-refractivity contribution >= 4 is 23.5 Å². The lowest BCUT2D eigenvalue weighted by atomic mass is 10.0. The van der Waals surface area contributed by atoms with Gasteiger partial charge >= 0.3 is 5.97 Å². The first kappa shape index (κ1) is 22.1. The second-order valence-corrected chi connectivity index (χ2v) is 7.26. The zero-order valence-electron chi connectivity index (χ0n) is 17.3. The van der Waals surface area contributed by atoms with Crippen LogP contribution in [-0.2, 0) is 9.53 Å². The standard InChI is InChI=1S/C23H28N2O4/c1-5-29-23(28)17-10-8-11-18(14-17)24-22(27)20(13-15(2)3)25-21(26)19-12-7-6-9-16(19)4/h6-12,14-15,20H,5,13H2,1-4H3,(H,24,27)(H,25,26). The number of anilines is 1. The lowest BCUT2D eigenvalue weighted by Crippen LogP contribution is -2.44. The molecule has 0 saturated heterocycles. The summed E-state index contributed by atoms with van der Waals surface area (Å²) in [6.07, 6.45) is 0.487. The molecule has 1 atom stereocenters. The summed E-state index contributed by atoms with van der Waals surface area (Å²) in [6.45, 7) is 7.84. The van der Waals surface area contributed by atoms with Gasteiger partial charge in [0.25, 0.3) is 5.91 Å². The molecule has 0 fully saturated rings. The fraction of sp³-hybridized carbons (Fsp3) is 0.348. The molecule has 29 heavy (non-hydrogen) atoms. The summed E-state index contributed by atoms with van der Waals surface area (Å²) in [5.74, 6) is -0.866. The molecule has 2 N–H and O–H groups in total. The van der Waals surface area contributed by atoms with Crippen LogP contribution in [0.5, 0.6) is 0 Å². The predicted octanol–water partition coefficient (Wildman–Crippen LogP) is 3.95. The van der Waals surface area contributed by atoms with Gasteiger partial charge in [0.2, 0.25) is 5.91 Å². The van der Waals surface area contributed by atoms with Crippen LogP contribution in [0.2, 0.25) is 0 Å². The maximum absolute atomic E-state index is 12.9. The van der Waals surface area contributed by atoms with Crippen LogP contribution in [0.15, 0.2) is 48.5 Å². The van der Waals surface area contributed by atoms with Gasteiger partial charge in [0.1, 0.15) is 6.04 Å². The van der Waals surface area contributed by atoms with Crippen LogP contribution >= 0.6 is 0 Å². The van der Waals surface area contributed by atoms with Crippen molar-refractivity contribution in [2.75, 3.05) is 11.9 Å². The topological polar surface area (TPSA) is 84.5 Å². The van der Waals surface area contributed by atoms with Crippen LogP contribution in [0.3, 0.4) is 0 Å². The largest absolute Gasteiger partial charge is 0.462 e. The van der Waals surface area contributed by atoms with Gasteiger partial charge in [-0.15, -0.1) is 0 Å². The molecule has 2 rings (SSSR count). The molecule has 2 aromatic carbocycles. The van der Waals surface area contributed by atoms with Crippen LogP contribution in [-0.4, -0.2) is 30.4 Å². The Morgan fingerprint density at radius 2 is 1.76 bits per heavy atom. The summed E-state index contributed by atoms with van der Waals surface area (Å²) in [6, 6.07) is 13.1. The molecule has 2 amide bonds. The van der Waals surface area contributed by atoms with E-state index in [1.807, 2.05) is 32.9 Å². The number of esters is 1. The van der Waals surface area contributed by atoms with E-state index < -0.39 is 12.0 Å². The highest BCUT2D eigenvalue weighted by molar-refractivity contribution is 6.02. The Morgan fingerprint density at radius 1 is 1.03 bits per heavy atom. The normalized spacial score (nSPS) is 11.6. The summed E-state index contributed by atoms with van der Waals surface area (Å²) in [5, 5.41) is 5.64. The van der Waals surface area contributed by atoms with Crippen molar-refractivity contribution in [2.24, 2.45) is 5.92 Å². The summed E-state index contributed by atoms with van der Waals surface area (Å²) >= 11 is 0. The molecular formula is C23H28N2O4. The summed E-state index contributed by atoms with van der Waals surface area (Å²) in [5.41, 5.74) is 2.21. The fourth-order valence-corrected chi connectivity index (χ4v) is 2.93. The van der Waals surface area contributed by atoms with E-state index in [2.05, 4.69) is 10.6 Å². The number of carbonyl (C=O) groups excluding carboxylic acids is 3. The van der Waals surface area contributed by atoms with Crippen LogP contribution < -0.4 is 10.6 Å². The van der Waals surface area contributed by atoms with Crippen molar-refractivity contribution in [3.05, 3.63) is 65.2 Å². The molecule has 0 heterocycles. The van der Waals surface area contributed by atoms with Crippen LogP contribution in [0, 0.1) is 12.8 Å². The second kappa shape index (κ2) is 10.4. The van der Waals surface area contributed by atoms with Gasteiger partial charge in [0, 0.05) is 11.3 Å². The van der Waals surface area contributed by atoms with Gasteiger partial charge < -0.3 is 15.4 Å². The van der Waals surface area contributed by atoms with E-state index >= 15 is 0 Å². The van der Waals surface area contributed by atoms with Gasteiger partial charge in [-0.2, -0.15) is 0 Å². The number of hydrogen-bond donors (Lipinski definition) is 2. The highest BCUT2D eigenvalue weighted by Crippen LogP contribution is 2.15. The van der Waals surface area contributed by atoms with Gasteiger partial charge in [0.15, 0.2) is 0 Å². The zero-order chi connectivity index (χ0) is 21.4. The molecule has 0 radical (unpaired) electrons. The SMILES string of the molecule is CCOC(=O)c1cccc(NC(=O)C(CC(C)C)NC(=O)c2ccccc2C)c1. The monoisotopic (exact) mass is 396 g/mol. The quantitative estimate of drug-likeness (QED) is 0.662. The smallest absolute Gasteiger partial charge is 0.338 e. The first-order valence-electron chi connectivity index (χ1n) is 9.76. The Morgan fingerprint density at radius 3 is 2.41 bits per heavy atom. The third-order valence-corrected chi connectivity index (χ3v) is 4.36. The molecule has 0 aliphatic carbocycles. The Balaban J connectivity index is 2.15. The van der Waals surface area contributed by atoms with E-state index in [4.69, 9.17) is 4.74 Å². The molecule has 0 saturated carbocycles. The maximum Gasteiger partial charge on any atom is 0.338 e. The average molecular weight is 396 g/mol. The number of nitrogens with one attached hydrogen (secondary N) is 2. The van der Waals surface area contributed by atoms with Crippen molar-refractivity contribution in [1.82, 2.24) is 5.32 Å². The van der Waals surface area contributed by atoms with Crippen LogP contribution in [0.1, 0.15) is 53.5 Å². The Hall–Kier alpha value is -3.15.